The number of aliphatic hydroxyl groups excluding tert-OH is 1. The van der Waals surface area contributed by atoms with Gasteiger partial charge >= 0.3 is 5.97 Å². The second-order valence-corrected chi connectivity index (χ2v) is 9.06. The van der Waals surface area contributed by atoms with Crippen LogP contribution in [-0.2, 0) is 11.2 Å². The van der Waals surface area contributed by atoms with E-state index in [2.05, 4.69) is 23.9 Å². The van der Waals surface area contributed by atoms with Crippen molar-refractivity contribution in [3.8, 4) is 0 Å². The number of ether oxygens (including phenoxy) is 1. The lowest BCUT2D eigenvalue weighted by molar-refractivity contribution is 0.0439. The van der Waals surface area contributed by atoms with Crippen molar-refractivity contribution < 1.29 is 14.6 Å². The van der Waals surface area contributed by atoms with E-state index in [-0.39, 0.29) is 24.6 Å². The molecule has 1 aliphatic carbocycles. The first-order valence-corrected chi connectivity index (χ1v) is 11.4. The minimum Gasteiger partial charge on any atom is -0.459 e. The minimum atomic E-state index is -0.359. The Bertz CT molecular complexity index is 839. The van der Waals surface area contributed by atoms with Crippen molar-refractivity contribution in [1.29, 1.82) is 0 Å². The maximum Gasteiger partial charge on any atom is 0.348 e. The van der Waals surface area contributed by atoms with E-state index in [1.165, 1.54) is 16.2 Å². The van der Waals surface area contributed by atoms with Gasteiger partial charge in [0.15, 0.2) is 0 Å². The molecule has 1 aliphatic rings. The lowest BCUT2D eigenvalue weighted by Crippen LogP contribution is -2.13. The van der Waals surface area contributed by atoms with Crippen LogP contribution >= 0.6 is 22.9 Å². The number of carbonyl (C=O) groups excluding carboxylic acids is 1. The summed E-state index contributed by atoms with van der Waals surface area (Å²) < 4.78 is 4.96. The normalized spacial score (nSPS) is 20.8. The first kappa shape index (κ1) is 21.9. The highest BCUT2D eigenvalue weighted by Gasteiger charge is 2.32. The van der Waals surface area contributed by atoms with E-state index in [1.54, 1.807) is 6.07 Å². The smallest absolute Gasteiger partial charge is 0.348 e. The van der Waals surface area contributed by atoms with Gasteiger partial charge in [-0.2, -0.15) is 0 Å². The van der Waals surface area contributed by atoms with Crippen LogP contribution in [0, 0.1) is 11.8 Å². The summed E-state index contributed by atoms with van der Waals surface area (Å²) >= 11 is 8.08. The number of alkyl halides is 1. The fourth-order valence-electron chi connectivity index (χ4n) is 3.81. The third-order valence-corrected chi connectivity index (χ3v) is 6.97. The van der Waals surface area contributed by atoms with Crippen LogP contribution < -0.4 is 0 Å². The third kappa shape index (κ3) is 6.58. The number of allylic oxidation sites excluding steroid dienone is 1. The molecule has 3 nitrogen and oxygen atoms in total. The number of hydrogen-bond acceptors (Lipinski definition) is 4. The number of aliphatic hydroxyl groups is 1. The summed E-state index contributed by atoms with van der Waals surface area (Å²) in [5, 5.41) is 8.97. The van der Waals surface area contributed by atoms with Crippen LogP contribution in [0.15, 0.2) is 54.3 Å². The number of hydrogen-bond donors (Lipinski definition) is 1. The monoisotopic (exact) mass is 430 g/mol. The predicted octanol–water partition coefficient (Wildman–Crippen LogP) is 5.72. The Morgan fingerprint density at radius 1 is 1.24 bits per heavy atom. The summed E-state index contributed by atoms with van der Waals surface area (Å²) in [6.07, 6.45) is 9.46. The molecule has 0 unspecified atom stereocenters. The lowest BCUT2D eigenvalue weighted by Gasteiger charge is -2.18. The second kappa shape index (κ2) is 11.4. The fraction of sp³-hybridized carbons (Fsp3) is 0.417. The largest absolute Gasteiger partial charge is 0.459 e. The third-order valence-electron chi connectivity index (χ3n) is 5.30. The molecule has 0 spiro atoms. The van der Waals surface area contributed by atoms with Gasteiger partial charge in [-0.3, -0.25) is 0 Å². The first-order chi connectivity index (χ1) is 14.2. The summed E-state index contributed by atoms with van der Waals surface area (Å²) in [6.45, 7) is -0.112. The van der Waals surface area contributed by atoms with Crippen molar-refractivity contribution in [3.05, 3.63) is 69.6 Å². The van der Waals surface area contributed by atoms with Gasteiger partial charge in [-0.25, -0.2) is 4.79 Å². The zero-order valence-electron chi connectivity index (χ0n) is 16.4. The number of esters is 1. The van der Waals surface area contributed by atoms with Gasteiger partial charge in [0.2, 0.25) is 0 Å². The van der Waals surface area contributed by atoms with Gasteiger partial charge < -0.3 is 9.84 Å². The molecule has 1 fully saturated rings. The molecule has 0 bridgehead atoms. The predicted molar refractivity (Wildman–Crippen MR) is 119 cm³/mol. The van der Waals surface area contributed by atoms with Crippen molar-refractivity contribution >= 4 is 35.0 Å². The zero-order chi connectivity index (χ0) is 20.5. The van der Waals surface area contributed by atoms with Crippen LogP contribution in [0.4, 0.5) is 0 Å². The summed E-state index contributed by atoms with van der Waals surface area (Å²) in [6, 6.07) is 14.0. The molecule has 1 saturated carbocycles. The van der Waals surface area contributed by atoms with E-state index in [0.29, 0.717) is 16.7 Å². The number of benzene rings is 1. The number of carbonyl (C=O) groups is 1. The zero-order valence-corrected chi connectivity index (χ0v) is 18.0. The van der Waals surface area contributed by atoms with Crippen molar-refractivity contribution in [3.63, 3.8) is 0 Å². The molecule has 1 heterocycles. The Labute approximate surface area is 181 Å². The van der Waals surface area contributed by atoms with E-state index in [4.69, 9.17) is 21.4 Å². The van der Waals surface area contributed by atoms with Gasteiger partial charge in [0.25, 0.3) is 0 Å². The van der Waals surface area contributed by atoms with Crippen LogP contribution in [-0.4, -0.2) is 29.7 Å². The number of rotatable bonds is 9. The summed E-state index contributed by atoms with van der Waals surface area (Å²) in [4.78, 5) is 13.6. The molecule has 5 heteroatoms. The fourth-order valence-corrected chi connectivity index (χ4v) is 5.19. The van der Waals surface area contributed by atoms with Crippen LogP contribution in [0.2, 0.25) is 0 Å². The molecule has 29 heavy (non-hydrogen) atoms. The second-order valence-electron chi connectivity index (χ2n) is 7.33. The molecule has 154 valence electrons. The van der Waals surface area contributed by atoms with Gasteiger partial charge in [-0.15, -0.1) is 28.7 Å². The first-order valence-electron chi connectivity index (χ1n) is 10.2. The minimum absolute atomic E-state index is 0.0402. The van der Waals surface area contributed by atoms with Gasteiger partial charge in [-0.05, 0) is 73.8 Å². The highest BCUT2D eigenvalue weighted by atomic mass is 35.5. The Morgan fingerprint density at radius 3 is 2.86 bits per heavy atom. The lowest BCUT2D eigenvalue weighted by atomic mass is 9.90. The SMILES string of the molecule is O=C(OCCO)c1ccc(CCC[C@H]2[C@H](Cl)CC[C@@H]2C=C=Cc2ccccc2)s1. The van der Waals surface area contributed by atoms with Crippen LogP contribution in [0.3, 0.4) is 0 Å². The topological polar surface area (TPSA) is 46.5 Å². The Kier molecular flexibility index (Phi) is 8.57. The van der Waals surface area contributed by atoms with Crippen molar-refractivity contribution in [2.45, 2.75) is 37.5 Å². The summed E-state index contributed by atoms with van der Waals surface area (Å²) in [7, 11) is 0. The van der Waals surface area contributed by atoms with E-state index in [0.717, 1.165) is 37.7 Å². The van der Waals surface area contributed by atoms with Crippen molar-refractivity contribution in [1.82, 2.24) is 0 Å². The van der Waals surface area contributed by atoms with Gasteiger partial charge in [0.05, 0.1) is 6.61 Å². The van der Waals surface area contributed by atoms with Gasteiger partial charge in [0.1, 0.15) is 11.5 Å². The summed E-state index contributed by atoms with van der Waals surface area (Å²) in [5.74, 6) is 0.592. The van der Waals surface area contributed by atoms with Gasteiger partial charge in [-0.1, -0.05) is 30.3 Å². The molecule has 0 radical (unpaired) electrons. The standard InChI is InChI=1S/C24H27ClO3S/c25-22-14-12-19(9-4-8-18-6-2-1-3-7-18)21(22)11-5-10-20-13-15-23(29-20)24(27)28-17-16-26/h1-3,6-9,13,15,19,21-22,26H,5,10-12,14,16-17H2/t4?,19-,21+,22+/m0/s1. The maximum absolute atomic E-state index is 11.8. The van der Waals surface area contributed by atoms with Crippen molar-refractivity contribution in [2.24, 2.45) is 11.8 Å². The molecule has 2 aromatic rings. The molecule has 3 atom stereocenters. The maximum atomic E-state index is 11.8. The number of thiophene rings is 1. The average Bonchev–Trinajstić information content (AvgIpc) is 3.35. The molecular formula is C24H27ClO3S. The molecular weight excluding hydrogens is 404 g/mol. The highest BCUT2D eigenvalue weighted by molar-refractivity contribution is 7.13. The van der Waals surface area contributed by atoms with E-state index < -0.39 is 0 Å². The summed E-state index contributed by atoms with van der Waals surface area (Å²) in [5.41, 5.74) is 4.52. The molecule has 1 N–H and O–H groups in total. The quantitative estimate of drug-likeness (QED) is 0.314. The number of aryl methyl sites for hydroxylation is 1. The molecule has 1 aromatic heterocycles. The van der Waals surface area contributed by atoms with E-state index in [1.807, 2.05) is 30.3 Å². The van der Waals surface area contributed by atoms with Crippen LogP contribution in [0.5, 0.6) is 0 Å². The van der Waals surface area contributed by atoms with Crippen LogP contribution in [0.25, 0.3) is 6.08 Å². The highest BCUT2D eigenvalue weighted by Crippen LogP contribution is 2.39. The number of halogens is 1. The average molecular weight is 431 g/mol. The van der Waals surface area contributed by atoms with E-state index in [9.17, 15) is 4.79 Å². The Balaban J connectivity index is 1.50. The van der Waals surface area contributed by atoms with E-state index >= 15 is 0 Å². The molecule has 1 aromatic carbocycles. The van der Waals surface area contributed by atoms with Crippen molar-refractivity contribution in [2.75, 3.05) is 13.2 Å². The Hall–Kier alpha value is -1.84. The molecule has 3 rings (SSSR count). The van der Waals surface area contributed by atoms with Gasteiger partial charge in [0, 0.05) is 10.3 Å². The molecule has 0 saturated heterocycles. The Morgan fingerprint density at radius 2 is 2.07 bits per heavy atom. The molecule has 0 amide bonds. The molecule has 0 aliphatic heterocycles. The van der Waals surface area contributed by atoms with Crippen LogP contribution in [0.1, 0.15) is 45.8 Å².